The number of halogens is 1. The number of H-pyrrole nitrogens is 1. The van der Waals surface area contributed by atoms with Crippen molar-refractivity contribution in [2.45, 2.75) is 32.7 Å². The van der Waals surface area contributed by atoms with Crippen molar-refractivity contribution in [3.8, 4) is 0 Å². The summed E-state index contributed by atoms with van der Waals surface area (Å²) in [6.07, 6.45) is 2.62. The Balaban J connectivity index is 0.00000176. The number of aromatic amines is 1. The quantitative estimate of drug-likeness (QED) is 0.769. The number of fused-ring (bicyclic) bond motifs is 1. The molecule has 0 atom stereocenters. The van der Waals surface area contributed by atoms with Gasteiger partial charge in [-0.2, -0.15) is 5.10 Å². The van der Waals surface area contributed by atoms with Gasteiger partial charge in [-0.3, -0.25) is 9.89 Å². The van der Waals surface area contributed by atoms with Gasteiger partial charge in [0.15, 0.2) is 5.69 Å². The van der Waals surface area contributed by atoms with Crippen LogP contribution >= 0.6 is 23.7 Å². The van der Waals surface area contributed by atoms with E-state index in [1.165, 1.54) is 0 Å². The van der Waals surface area contributed by atoms with Gasteiger partial charge < -0.3 is 10.6 Å². The van der Waals surface area contributed by atoms with Gasteiger partial charge in [0.1, 0.15) is 0 Å². The van der Waals surface area contributed by atoms with Crippen LogP contribution in [0.3, 0.4) is 0 Å². The maximum absolute atomic E-state index is 12.2. The second-order valence-electron chi connectivity index (χ2n) is 5.05. The van der Waals surface area contributed by atoms with Crippen LogP contribution in [0.1, 0.15) is 39.4 Å². The molecule has 0 saturated carbocycles. The smallest absolute Gasteiger partial charge is 0.272 e. The lowest BCUT2D eigenvalue weighted by Crippen LogP contribution is -2.29. The first kappa shape index (κ1) is 16.9. The first-order valence-corrected chi connectivity index (χ1v) is 8.14. The summed E-state index contributed by atoms with van der Waals surface area (Å²) < 4.78 is 0. The van der Waals surface area contributed by atoms with Gasteiger partial charge in [0, 0.05) is 49.1 Å². The van der Waals surface area contributed by atoms with Gasteiger partial charge in [-0.15, -0.1) is 23.7 Å². The molecule has 2 aromatic rings. The highest BCUT2D eigenvalue weighted by molar-refractivity contribution is 7.09. The van der Waals surface area contributed by atoms with E-state index in [4.69, 9.17) is 0 Å². The maximum atomic E-state index is 12.2. The molecule has 0 unspecified atom stereocenters. The Kier molecular flexibility index (Phi) is 5.93. The molecule has 6 nitrogen and oxygen atoms in total. The predicted octanol–water partition coefficient (Wildman–Crippen LogP) is 1.47. The number of amides is 1. The Morgan fingerprint density at radius 1 is 1.50 bits per heavy atom. The van der Waals surface area contributed by atoms with Crippen LogP contribution in [-0.4, -0.2) is 34.2 Å². The number of carbonyl (C=O) groups is 1. The summed E-state index contributed by atoms with van der Waals surface area (Å²) in [6, 6.07) is 0. The number of hydrogen-bond donors (Lipinski definition) is 3. The number of hydrogen-bond acceptors (Lipinski definition) is 5. The number of nitrogens with one attached hydrogen (secondary N) is 3. The highest BCUT2D eigenvalue weighted by Crippen LogP contribution is 2.15. The fourth-order valence-electron chi connectivity index (χ4n) is 2.43. The second-order valence-corrected chi connectivity index (χ2v) is 5.99. The molecule has 1 amide bonds. The number of aryl methyl sites for hydroxylation is 1. The van der Waals surface area contributed by atoms with Crippen LogP contribution in [0.15, 0.2) is 5.38 Å². The molecule has 0 radical (unpaired) electrons. The minimum atomic E-state index is -0.109. The minimum absolute atomic E-state index is 0. The van der Waals surface area contributed by atoms with E-state index in [0.29, 0.717) is 18.8 Å². The molecule has 22 heavy (non-hydrogen) atoms. The fourth-order valence-corrected chi connectivity index (χ4v) is 3.21. The molecule has 1 aliphatic heterocycles. The standard InChI is InChI=1S/C14H19N5OS.ClH/c1-2-12-17-9(8-21-12)3-6-16-14(20)13-10-7-15-5-4-11(10)18-19-13;/h8,15H,2-7H2,1H3,(H,16,20)(H,18,19);1H. The van der Waals surface area contributed by atoms with Crippen molar-refractivity contribution in [3.05, 3.63) is 33.0 Å². The Bertz CT molecular complexity index is 639. The van der Waals surface area contributed by atoms with Crippen molar-refractivity contribution in [2.24, 2.45) is 0 Å². The Morgan fingerprint density at radius 2 is 2.36 bits per heavy atom. The average Bonchev–Trinajstić information content (AvgIpc) is 3.13. The van der Waals surface area contributed by atoms with Gasteiger partial charge in [-0.1, -0.05) is 6.92 Å². The molecule has 0 spiro atoms. The van der Waals surface area contributed by atoms with Gasteiger partial charge in [0.2, 0.25) is 0 Å². The number of nitrogens with zero attached hydrogens (tertiary/aromatic N) is 2. The summed E-state index contributed by atoms with van der Waals surface area (Å²) in [5, 5.41) is 16.5. The molecule has 120 valence electrons. The van der Waals surface area contributed by atoms with Gasteiger partial charge in [0.25, 0.3) is 5.91 Å². The summed E-state index contributed by atoms with van der Waals surface area (Å²) >= 11 is 1.68. The van der Waals surface area contributed by atoms with Crippen LogP contribution in [0.2, 0.25) is 0 Å². The highest BCUT2D eigenvalue weighted by atomic mass is 35.5. The molecule has 0 saturated heterocycles. The monoisotopic (exact) mass is 341 g/mol. The van der Waals surface area contributed by atoms with E-state index in [2.05, 4.69) is 38.1 Å². The third-order valence-corrected chi connectivity index (χ3v) is 4.63. The Labute approximate surface area is 139 Å². The van der Waals surface area contributed by atoms with Crippen molar-refractivity contribution in [1.82, 2.24) is 25.8 Å². The zero-order valence-corrected chi connectivity index (χ0v) is 14.1. The van der Waals surface area contributed by atoms with Gasteiger partial charge >= 0.3 is 0 Å². The largest absolute Gasteiger partial charge is 0.350 e. The third kappa shape index (κ3) is 3.66. The van der Waals surface area contributed by atoms with Crippen molar-refractivity contribution in [1.29, 1.82) is 0 Å². The lowest BCUT2D eigenvalue weighted by Gasteiger charge is -2.12. The first-order valence-electron chi connectivity index (χ1n) is 7.26. The Morgan fingerprint density at radius 3 is 3.14 bits per heavy atom. The molecule has 0 aliphatic carbocycles. The van der Waals surface area contributed by atoms with Crippen molar-refractivity contribution < 1.29 is 4.79 Å². The number of thiazole rings is 1. The van der Waals surface area contributed by atoms with E-state index in [0.717, 1.165) is 47.8 Å². The van der Waals surface area contributed by atoms with Crippen LogP contribution in [0, 0.1) is 0 Å². The van der Waals surface area contributed by atoms with Gasteiger partial charge in [-0.25, -0.2) is 4.98 Å². The van der Waals surface area contributed by atoms with Gasteiger partial charge in [0.05, 0.1) is 10.7 Å². The number of carbonyl (C=O) groups excluding carboxylic acids is 1. The molecule has 3 N–H and O–H groups in total. The van der Waals surface area contributed by atoms with Crippen LogP contribution < -0.4 is 10.6 Å². The van der Waals surface area contributed by atoms with E-state index in [-0.39, 0.29) is 18.3 Å². The van der Waals surface area contributed by atoms with E-state index in [9.17, 15) is 4.79 Å². The normalized spacial score (nSPS) is 13.3. The van der Waals surface area contributed by atoms with Crippen LogP contribution in [0.4, 0.5) is 0 Å². The lowest BCUT2D eigenvalue weighted by atomic mass is 10.1. The average molecular weight is 342 g/mol. The zero-order chi connectivity index (χ0) is 14.7. The van der Waals surface area contributed by atoms with E-state index in [1.54, 1.807) is 11.3 Å². The molecule has 0 aromatic carbocycles. The van der Waals surface area contributed by atoms with Crippen LogP contribution in [-0.2, 0) is 25.8 Å². The molecule has 2 aromatic heterocycles. The molecule has 3 rings (SSSR count). The number of rotatable bonds is 5. The molecular formula is C14H20ClN5OS. The summed E-state index contributed by atoms with van der Waals surface area (Å²) in [5.41, 5.74) is 3.64. The lowest BCUT2D eigenvalue weighted by molar-refractivity contribution is 0.0948. The molecule has 1 aliphatic rings. The zero-order valence-electron chi connectivity index (χ0n) is 12.4. The SMILES string of the molecule is CCc1nc(CCNC(=O)c2n[nH]c3c2CNCC3)cs1.Cl. The summed E-state index contributed by atoms with van der Waals surface area (Å²) in [7, 11) is 0. The minimum Gasteiger partial charge on any atom is -0.350 e. The van der Waals surface area contributed by atoms with Crippen molar-refractivity contribution in [3.63, 3.8) is 0 Å². The Hall–Kier alpha value is -1.44. The highest BCUT2D eigenvalue weighted by Gasteiger charge is 2.21. The van der Waals surface area contributed by atoms with Gasteiger partial charge in [-0.05, 0) is 6.42 Å². The third-order valence-electron chi connectivity index (χ3n) is 3.59. The van der Waals surface area contributed by atoms with Crippen LogP contribution in [0.25, 0.3) is 0 Å². The van der Waals surface area contributed by atoms with E-state index in [1.807, 2.05) is 0 Å². The number of aromatic nitrogens is 3. The van der Waals surface area contributed by atoms with E-state index >= 15 is 0 Å². The summed E-state index contributed by atoms with van der Waals surface area (Å²) in [6.45, 7) is 4.32. The molecule has 0 bridgehead atoms. The summed E-state index contributed by atoms with van der Waals surface area (Å²) in [5.74, 6) is -0.109. The summed E-state index contributed by atoms with van der Waals surface area (Å²) in [4.78, 5) is 16.7. The first-order chi connectivity index (χ1) is 10.3. The fraction of sp³-hybridized carbons (Fsp3) is 0.500. The van der Waals surface area contributed by atoms with Crippen molar-refractivity contribution in [2.75, 3.05) is 13.1 Å². The van der Waals surface area contributed by atoms with Crippen molar-refractivity contribution >= 4 is 29.7 Å². The predicted molar refractivity (Wildman–Crippen MR) is 88.8 cm³/mol. The molecule has 0 fully saturated rings. The van der Waals surface area contributed by atoms with E-state index < -0.39 is 0 Å². The maximum Gasteiger partial charge on any atom is 0.272 e. The second kappa shape index (κ2) is 7.71. The molecule has 3 heterocycles. The topological polar surface area (TPSA) is 82.7 Å². The van der Waals surface area contributed by atoms with Crippen LogP contribution in [0.5, 0.6) is 0 Å². The molecular weight excluding hydrogens is 322 g/mol. The molecule has 8 heteroatoms.